The van der Waals surface area contributed by atoms with E-state index in [2.05, 4.69) is 32.0 Å². The molecule has 1 aliphatic carbocycles. The Morgan fingerprint density at radius 1 is 0.821 bits per heavy atom. The first kappa shape index (κ1) is 16.1. The molecule has 6 atom stereocenters. The van der Waals surface area contributed by atoms with E-state index in [1.54, 1.807) is 23.5 Å². The van der Waals surface area contributed by atoms with E-state index in [0.29, 0.717) is 0 Å². The Morgan fingerprint density at radius 3 is 2.18 bits per heavy atom. The third kappa shape index (κ3) is 1.12. The van der Waals surface area contributed by atoms with E-state index in [9.17, 15) is 9.59 Å². The lowest BCUT2D eigenvalue weighted by Crippen LogP contribution is -2.62. The predicted octanol–water partition coefficient (Wildman–Crippen LogP) is 3.66. The zero-order valence-corrected chi connectivity index (χ0v) is 16.9. The summed E-state index contributed by atoms with van der Waals surface area (Å²) in [5, 5.41) is 0.0619. The normalized spacial score (nSPS) is 46.1. The van der Waals surface area contributed by atoms with Crippen LogP contribution in [0.25, 0.3) is 0 Å². The van der Waals surface area contributed by atoms with Crippen LogP contribution in [0, 0.1) is 5.41 Å². The summed E-state index contributed by atoms with van der Waals surface area (Å²) in [5.74, 6) is -0.911. The van der Waals surface area contributed by atoms with Crippen LogP contribution in [0.2, 0.25) is 0 Å². The third-order valence-corrected chi connectivity index (χ3v) is 10.3. The molecule has 2 aromatic rings. The lowest BCUT2D eigenvalue weighted by atomic mass is 9.67. The van der Waals surface area contributed by atoms with Crippen molar-refractivity contribution in [3.63, 3.8) is 0 Å². The van der Waals surface area contributed by atoms with Crippen LogP contribution in [0.15, 0.2) is 58.3 Å². The van der Waals surface area contributed by atoms with E-state index in [0.717, 1.165) is 20.9 Å². The summed E-state index contributed by atoms with van der Waals surface area (Å²) in [4.78, 5) is 28.9. The first-order valence-corrected chi connectivity index (χ1v) is 11.3. The molecular weight excluding hydrogens is 392 g/mol. The molecule has 2 spiro atoms. The minimum Gasteiger partial charge on any atom is -0.390 e. The topological polar surface area (TPSA) is 52.6 Å². The zero-order chi connectivity index (χ0) is 19.1. The van der Waals surface area contributed by atoms with Crippen molar-refractivity contribution < 1.29 is 19.1 Å². The van der Waals surface area contributed by atoms with Gasteiger partial charge in [0, 0.05) is 20.3 Å². The number of hydrogen-bond acceptors (Lipinski definition) is 6. The first-order valence-electron chi connectivity index (χ1n) is 9.49. The van der Waals surface area contributed by atoms with E-state index in [1.165, 1.54) is 0 Å². The molecule has 0 radical (unpaired) electrons. The number of benzene rings is 2. The molecule has 3 fully saturated rings. The summed E-state index contributed by atoms with van der Waals surface area (Å²) in [6, 6.07) is 16.2. The fourth-order valence-corrected chi connectivity index (χ4v) is 9.92. The Balaban J connectivity index is 1.59. The van der Waals surface area contributed by atoms with Crippen molar-refractivity contribution in [2.45, 2.75) is 50.8 Å². The van der Waals surface area contributed by atoms with Crippen LogP contribution >= 0.6 is 23.5 Å². The lowest BCUT2D eigenvalue weighted by Gasteiger charge is -2.47. The SMILES string of the molecule is CC1Sc2ccccc2C12OC13C(=O)OC(=O)C21C31c2ccccc2SC1C. The Bertz CT molecular complexity index is 1150. The van der Waals surface area contributed by atoms with Crippen LogP contribution in [-0.2, 0) is 30.1 Å². The van der Waals surface area contributed by atoms with Gasteiger partial charge in [0.25, 0.3) is 0 Å². The molecule has 4 heterocycles. The van der Waals surface area contributed by atoms with Gasteiger partial charge in [-0.3, -0.25) is 4.79 Å². The van der Waals surface area contributed by atoms with Gasteiger partial charge in [-0.1, -0.05) is 43.3 Å². The monoisotopic (exact) mass is 408 g/mol. The number of fused-ring (bicyclic) bond motifs is 4. The van der Waals surface area contributed by atoms with Gasteiger partial charge in [0.15, 0.2) is 11.0 Å². The van der Waals surface area contributed by atoms with E-state index in [1.807, 2.05) is 30.3 Å². The standard InChI is InChI=1S/C22H16O4S2/c1-11-19(13-7-3-5-9-15(13)27-11)21-17(23)25-18(24)22(19,21)26-20(21)12(2)28-16-10-6-4-8-14(16)20/h3-12H,1-2H3. The maximum Gasteiger partial charge on any atom is 0.348 e. The van der Waals surface area contributed by atoms with Crippen molar-refractivity contribution in [1.82, 2.24) is 0 Å². The van der Waals surface area contributed by atoms with E-state index >= 15 is 0 Å². The summed E-state index contributed by atoms with van der Waals surface area (Å²) in [6.45, 7) is 4.22. The minimum absolute atomic E-state index is 0.0146. The molecule has 5 aliphatic rings. The molecule has 7 rings (SSSR count). The number of esters is 2. The van der Waals surface area contributed by atoms with Crippen molar-refractivity contribution in [3.8, 4) is 0 Å². The minimum atomic E-state index is -1.19. The van der Waals surface area contributed by atoms with Crippen LogP contribution < -0.4 is 0 Å². The van der Waals surface area contributed by atoms with E-state index in [-0.39, 0.29) is 10.5 Å². The van der Waals surface area contributed by atoms with Crippen molar-refractivity contribution in [1.29, 1.82) is 0 Å². The second-order valence-electron chi connectivity index (χ2n) is 8.27. The second-order valence-corrected chi connectivity index (χ2v) is 11.0. The summed E-state index contributed by atoms with van der Waals surface area (Å²) in [7, 11) is 0. The molecule has 140 valence electrons. The largest absolute Gasteiger partial charge is 0.390 e. The molecule has 0 amide bonds. The van der Waals surface area contributed by atoms with Crippen molar-refractivity contribution in [2.24, 2.45) is 5.41 Å². The van der Waals surface area contributed by atoms with Crippen LogP contribution in [-0.4, -0.2) is 28.0 Å². The Labute approximate surface area is 170 Å². The van der Waals surface area contributed by atoms with Crippen molar-refractivity contribution in [3.05, 3.63) is 59.7 Å². The first-order chi connectivity index (χ1) is 13.5. The highest BCUT2D eigenvalue weighted by Gasteiger charge is 3.14. The molecule has 28 heavy (non-hydrogen) atoms. The Kier molecular flexibility index (Phi) is 2.51. The summed E-state index contributed by atoms with van der Waals surface area (Å²) >= 11 is 3.46. The summed E-state index contributed by atoms with van der Waals surface area (Å²) in [5.41, 5.74) is -1.59. The Morgan fingerprint density at radius 2 is 1.43 bits per heavy atom. The molecule has 2 aromatic carbocycles. The number of carbonyl (C=O) groups is 2. The van der Waals surface area contributed by atoms with Gasteiger partial charge in [0.1, 0.15) is 5.60 Å². The number of ether oxygens (including phenoxy) is 2. The molecule has 2 saturated heterocycles. The average Bonchev–Trinajstić information content (AvgIpc) is 2.87. The molecule has 0 N–H and O–H groups in total. The van der Waals surface area contributed by atoms with Crippen molar-refractivity contribution >= 4 is 35.5 Å². The van der Waals surface area contributed by atoms with Crippen LogP contribution in [0.5, 0.6) is 0 Å². The number of rotatable bonds is 0. The highest BCUT2D eigenvalue weighted by Crippen LogP contribution is 2.96. The van der Waals surface area contributed by atoms with E-state index in [4.69, 9.17) is 9.47 Å². The number of carbonyl (C=O) groups excluding carboxylic acids is 2. The molecule has 4 nitrogen and oxygen atoms in total. The average molecular weight is 409 g/mol. The predicted molar refractivity (Wildman–Crippen MR) is 104 cm³/mol. The highest BCUT2D eigenvalue weighted by atomic mass is 32.2. The number of hydrogen-bond donors (Lipinski definition) is 0. The van der Waals surface area contributed by atoms with Gasteiger partial charge in [-0.15, -0.1) is 23.5 Å². The molecule has 0 aromatic heterocycles. The smallest absolute Gasteiger partial charge is 0.348 e. The number of cyclic esters (lactones) is 2. The highest BCUT2D eigenvalue weighted by molar-refractivity contribution is 8.00. The summed E-state index contributed by atoms with van der Waals surface area (Å²) in [6.07, 6.45) is 0. The van der Waals surface area contributed by atoms with Gasteiger partial charge >= 0.3 is 11.9 Å². The van der Waals surface area contributed by atoms with Gasteiger partial charge < -0.3 is 9.47 Å². The number of thioether (sulfide) groups is 2. The van der Waals surface area contributed by atoms with Gasteiger partial charge in [-0.25, -0.2) is 4.79 Å². The zero-order valence-electron chi connectivity index (χ0n) is 15.2. The van der Waals surface area contributed by atoms with Gasteiger partial charge in [-0.2, -0.15) is 0 Å². The fourth-order valence-electron chi connectivity index (χ4n) is 6.97. The van der Waals surface area contributed by atoms with Crippen molar-refractivity contribution in [2.75, 3.05) is 0 Å². The van der Waals surface area contributed by atoms with Crippen LogP contribution in [0.1, 0.15) is 25.0 Å². The molecular formula is C22H16O4S2. The van der Waals surface area contributed by atoms with E-state index < -0.39 is 34.0 Å². The molecule has 4 aliphatic heterocycles. The third-order valence-electron chi connectivity index (χ3n) is 7.65. The fraction of sp³-hybridized carbons (Fsp3) is 0.364. The summed E-state index contributed by atoms with van der Waals surface area (Å²) < 4.78 is 12.0. The maximum absolute atomic E-state index is 13.5. The lowest BCUT2D eigenvalue weighted by molar-refractivity contribution is -0.240. The molecule has 6 heteroatoms. The van der Waals surface area contributed by atoms with Crippen LogP contribution in [0.4, 0.5) is 0 Å². The van der Waals surface area contributed by atoms with Gasteiger partial charge in [0.05, 0.1) is 5.41 Å². The molecule has 0 bridgehead atoms. The molecule has 6 unspecified atom stereocenters. The van der Waals surface area contributed by atoms with Gasteiger partial charge in [-0.05, 0) is 30.2 Å². The second kappa shape index (κ2) is 4.37. The van der Waals surface area contributed by atoms with Crippen LogP contribution in [0.3, 0.4) is 0 Å². The quantitative estimate of drug-likeness (QED) is 0.490. The molecule has 1 saturated carbocycles. The maximum atomic E-state index is 13.5. The van der Waals surface area contributed by atoms with Gasteiger partial charge in [0.2, 0.25) is 0 Å². The Hall–Kier alpha value is -1.76.